The number of likely N-dealkylation sites (tertiary alicyclic amines) is 1. The number of fused-ring (bicyclic) bond motifs is 1. The lowest BCUT2D eigenvalue weighted by atomic mass is 9.96. The fourth-order valence-electron chi connectivity index (χ4n) is 5.09. The Morgan fingerprint density at radius 3 is 2.48 bits per heavy atom. The van der Waals surface area contributed by atoms with Gasteiger partial charge in [-0.15, -0.1) is 0 Å². The smallest absolute Gasteiger partial charge is 0.410 e. The number of benzene rings is 2. The lowest BCUT2D eigenvalue weighted by Crippen LogP contribution is -2.41. The summed E-state index contributed by atoms with van der Waals surface area (Å²) in [4.78, 5) is 26.6. The van der Waals surface area contributed by atoms with Gasteiger partial charge in [-0.1, -0.05) is 47.5 Å². The van der Waals surface area contributed by atoms with Crippen molar-refractivity contribution in [3.63, 3.8) is 0 Å². The fourth-order valence-corrected chi connectivity index (χ4v) is 5.40. The van der Waals surface area contributed by atoms with Crippen LogP contribution in [0.4, 0.5) is 4.79 Å². The molecule has 2 aromatic carbocycles. The number of imidazole rings is 2. The molecule has 0 spiro atoms. The highest BCUT2D eigenvalue weighted by atomic mass is 35.5. The number of amides is 1. The zero-order chi connectivity index (χ0) is 28.3. The molecule has 5 rings (SSSR count). The maximum absolute atomic E-state index is 12.6. The van der Waals surface area contributed by atoms with Crippen LogP contribution in [0.15, 0.2) is 48.9 Å². The first-order valence-electron chi connectivity index (χ1n) is 13.7. The topological polar surface area (TPSA) is 88.1 Å². The van der Waals surface area contributed by atoms with Gasteiger partial charge in [-0.2, -0.15) is 0 Å². The maximum Gasteiger partial charge on any atom is 0.410 e. The Kier molecular flexibility index (Phi) is 8.68. The summed E-state index contributed by atoms with van der Waals surface area (Å²) in [5, 5.41) is 4.50. The molecule has 1 aliphatic rings. The Bertz CT molecular complexity index is 1440. The third-order valence-electron chi connectivity index (χ3n) is 7.15. The summed E-state index contributed by atoms with van der Waals surface area (Å²) in [5.41, 5.74) is 4.82. The van der Waals surface area contributed by atoms with Crippen molar-refractivity contribution in [3.8, 4) is 0 Å². The third kappa shape index (κ3) is 6.97. The Hall–Kier alpha value is -3.07. The molecule has 1 fully saturated rings. The summed E-state index contributed by atoms with van der Waals surface area (Å²) in [6, 6.07) is 12.4. The third-order valence-corrected chi connectivity index (χ3v) is 7.87. The minimum Gasteiger partial charge on any atom is -0.444 e. The molecule has 0 atom stereocenters. The van der Waals surface area contributed by atoms with Gasteiger partial charge in [-0.05, 0) is 56.9 Å². The number of carbonyl (C=O) groups excluding carboxylic acids is 1. The first-order chi connectivity index (χ1) is 19.2. The van der Waals surface area contributed by atoms with Crippen molar-refractivity contribution in [2.75, 3.05) is 19.6 Å². The zero-order valence-electron chi connectivity index (χ0n) is 23.2. The highest BCUT2D eigenvalue weighted by molar-refractivity contribution is 6.42. The minimum absolute atomic E-state index is 0.210. The second-order valence-corrected chi connectivity index (χ2v) is 12.2. The van der Waals surface area contributed by atoms with E-state index in [2.05, 4.69) is 44.1 Å². The van der Waals surface area contributed by atoms with Crippen molar-refractivity contribution in [2.24, 2.45) is 0 Å². The number of piperidine rings is 1. The van der Waals surface area contributed by atoms with Crippen LogP contribution in [0.2, 0.25) is 10.0 Å². The lowest BCUT2D eigenvalue weighted by Gasteiger charge is -2.33. The second kappa shape index (κ2) is 12.2. The molecule has 1 aliphatic heterocycles. The highest BCUT2D eigenvalue weighted by Crippen LogP contribution is 2.34. The molecule has 1 amide bonds. The van der Waals surface area contributed by atoms with Gasteiger partial charge in [0.15, 0.2) is 0 Å². The van der Waals surface area contributed by atoms with Crippen LogP contribution in [-0.2, 0) is 24.2 Å². The van der Waals surface area contributed by atoms with Crippen LogP contribution in [-0.4, -0.2) is 55.7 Å². The van der Waals surface area contributed by atoms with Gasteiger partial charge in [0.25, 0.3) is 0 Å². The normalized spacial score (nSPS) is 14.7. The van der Waals surface area contributed by atoms with Crippen molar-refractivity contribution in [3.05, 3.63) is 81.6 Å². The van der Waals surface area contributed by atoms with E-state index in [1.807, 2.05) is 39.1 Å². The number of hydrogen-bond acceptors (Lipinski definition) is 5. The number of aromatic amines is 1. The van der Waals surface area contributed by atoms with E-state index in [4.69, 9.17) is 32.9 Å². The van der Waals surface area contributed by atoms with Crippen LogP contribution in [0.3, 0.4) is 0 Å². The quantitative estimate of drug-likeness (QED) is 0.230. The first kappa shape index (κ1) is 28.5. The first-order valence-corrected chi connectivity index (χ1v) is 14.5. The number of rotatable bonds is 8. The predicted molar refractivity (Wildman–Crippen MR) is 159 cm³/mol. The molecule has 10 heteroatoms. The SMILES string of the molecule is CC(C)(C)OC(=O)N1CCC(c2nc3cc(Cl)c(Cl)cc3n2Cc2ccc(CNCCc3cnc[nH]3)cc2)CC1. The summed E-state index contributed by atoms with van der Waals surface area (Å²) in [5.74, 6) is 1.21. The van der Waals surface area contributed by atoms with Crippen molar-refractivity contribution in [1.82, 2.24) is 29.7 Å². The van der Waals surface area contributed by atoms with Gasteiger partial charge in [0.1, 0.15) is 11.4 Å². The molecular formula is C30H36Cl2N6O2. The van der Waals surface area contributed by atoms with E-state index in [-0.39, 0.29) is 12.0 Å². The number of H-pyrrole nitrogens is 1. The van der Waals surface area contributed by atoms with E-state index < -0.39 is 5.60 Å². The van der Waals surface area contributed by atoms with E-state index in [0.717, 1.165) is 54.9 Å². The molecule has 40 heavy (non-hydrogen) atoms. The van der Waals surface area contributed by atoms with Crippen molar-refractivity contribution >= 4 is 40.3 Å². The van der Waals surface area contributed by atoms with Crippen LogP contribution in [0.1, 0.15) is 62.2 Å². The second-order valence-electron chi connectivity index (χ2n) is 11.4. The van der Waals surface area contributed by atoms with Crippen LogP contribution in [0, 0.1) is 0 Å². The summed E-state index contributed by atoms with van der Waals surface area (Å²) >= 11 is 12.8. The number of halogens is 2. The molecule has 1 saturated heterocycles. The van der Waals surface area contributed by atoms with Crippen molar-refractivity contribution in [1.29, 1.82) is 0 Å². The molecule has 3 heterocycles. The fraction of sp³-hybridized carbons (Fsp3) is 0.433. The van der Waals surface area contributed by atoms with E-state index in [1.54, 1.807) is 11.2 Å². The van der Waals surface area contributed by atoms with Gasteiger partial charge in [-0.3, -0.25) is 0 Å². The molecule has 4 aromatic rings. The van der Waals surface area contributed by atoms with Gasteiger partial charge in [-0.25, -0.2) is 14.8 Å². The van der Waals surface area contributed by atoms with E-state index in [9.17, 15) is 4.79 Å². The molecule has 0 bridgehead atoms. The average Bonchev–Trinajstić information content (AvgIpc) is 3.55. The number of aromatic nitrogens is 4. The van der Waals surface area contributed by atoms with Gasteiger partial charge < -0.3 is 24.5 Å². The van der Waals surface area contributed by atoms with Crippen LogP contribution in [0.25, 0.3) is 11.0 Å². The van der Waals surface area contributed by atoms with Gasteiger partial charge in [0.05, 0.1) is 27.4 Å². The Morgan fingerprint density at radius 1 is 1.10 bits per heavy atom. The van der Waals surface area contributed by atoms with Gasteiger partial charge in [0, 0.05) is 57.0 Å². The van der Waals surface area contributed by atoms with E-state index in [0.29, 0.717) is 29.7 Å². The molecular weight excluding hydrogens is 547 g/mol. The summed E-state index contributed by atoms with van der Waals surface area (Å²) in [6.07, 6.45) is 5.85. The van der Waals surface area contributed by atoms with E-state index in [1.165, 1.54) is 11.1 Å². The highest BCUT2D eigenvalue weighted by Gasteiger charge is 2.30. The van der Waals surface area contributed by atoms with Crippen LogP contribution < -0.4 is 5.32 Å². The number of hydrogen-bond donors (Lipinski definition) is 2. The molecule has 0 radical (unpaired) electrons. The Morgan fingerprint density at radius 2 is 1.80 bits per heavy atom. The Labute approximate surface area is 245 Å². The molecule has 212 valence electrons. The Balaban J connectivity index is 1.29. The van der Waals surface area contributed by atoms with Gasteiger partial charge >= 0.3 is 6.09 Å². The van der Waals surface area contributed by atoms with Crippen LogP contribution >= 0.6 is 23.2 Å². The van der Waals surface area contributed by atoms with Crippen molar-refractivity contribution in [2.45, 2.75) is 64.6 Å². The van der Waals surface area contributed by atoms with E-state index >= 15 is 0 Å². The summed E-state index contributed by atoms with van der Waals surface area (Å²) < 4.78 is 7.83. The average molecular weight is 584 g/mol. The molecule has 2 N–H and O–H groups in total. The number of ether oxygens (including phenoxy) is 1. The molecule has 0 unspecified atom stereocenters. The zero-order valence-corrected chi connectivity index (χ0v) is 24.7. The lowest BCUT2D eigenvalue weighted by molar-refractivity contribution is 0.0202. The monoisotopic (exact) mass is 582 g/mol. The van der Waals surface area contributed by atoms with Gasteiger partial charge in [0.2, 0.25) is 0 Å². The minimum atomic E-state index is -0.508. The summed E-state index contributed by atoms with van der Waals surface area (Å²) in [7, 11) is 0. The molecule has 8 nitrogen and oxygen atoms in total. The number of nitrogens with zero attached hydrogens (tertiary/aromatic N) is 4. The summed E-state index contributed by atoms with van der Waals surface area (Å²) in [6.45, 7) is 9.29. The maximum atomic E-state index is 12.6. The largest absolute Gasteiger partial charge is 0.444 e. The van der Waals surface area contributed by atoms with Crippen LogP contribution in [0.5, 0.6) is 0 Å². The standard InChI is InChI=1S/C30H36Cl2N6O2/c1-30(2,3)40-29(39)37-12-9-22(10-13-37)28-36-26-14-24(31)25(32)15-27(26)38(28)18-21-6-4-20(5-7-21)16-33-11-8-23-17-34-19-35-23/h4-7,14-15,17,19,22,33H,8-13,16,18H2,1-3H3,(H,34,35). The molecule has 0 aliphatic carbocycles. The number of carbonyl (C=O) groups is 1. The molecule has 2 aromatic heterocycles. The predicted octanol–water partition coefficient (Wildman–Crippen LogP) is 6.56. The molecule has 0 saturated carbocycles. The van der Waals surface area contributed by atoms with Crippen molar-refractivity contribution < 1.29 is 9.53 Å². The number of nitrogens with one attached hydrogen (secondary N) is 2.